The summed E-state index contributed by atoms with van der Waals surface area (Å²) in [6, 6.07) is 5.25. The van der Waals surface area contributed by atoms with Gasteiger partial charge in [0.2, 0.25) is 5.91 Å². The van der Waals surface area contributed by atoms with Crippen LogP contribution in [0.15, 0.2) is 48.8 Å². The summed E-state index contributed by atoms with van der Waals surface area (Å²) in [6.45, 7) is 4.14. The van der Waals surface area contributed by atoms with Crippen molar-refractivity contribution in [1.29, 1.82) is 5.26 Å². The first-order valence-electron chi connectivity index (χ1n) is 9.95. The Morgan fingerprint density at radius 3 is 2.97 bits per heavy atom. The molecule has 0 saturated heterocycles. The third kappa shape index (κ3) is 3.94. The van der Waals surface area contributed by atoms with Gasteiger partial charge in [-0.25, -0.2) is 15.0 Å². The van der Waals surface area contributed by atoms with Gasteiger partial charge in [-0.1, -0.05) is 24.3 Å². The highest BCUT2D eigenvalue weighted by atomic mass is 16.5. The van der Waals surface area contributed by atoms with Crippen LogP contribution in [0.5, 0.6) is 5.75 Å². The molecular formula is C23H23N5O2. The van der Waals surface area contributed by atoms with Crippen LogP contribution in [0.2, 0.25) is 0 Å². The number of pyridine rings is 1. The second-order valence-corrected chi connectivity index (χ2v) is 7.83. The first kappa shape index (κ1) is 19.8. The molecular weight excluding hydrogens is 378 g/mol. The van der Waals surface area contributed by atoms with Crippen LogP contribution in [0.1, 0.15) is 29.9 Å². The molecule has 0 aromatic carbocycles. The number of ether oxygens (including phenoxy) is 1. The Hall–Kier alpha value is -3.53. The van der Waals surface area contributed by atoms with Crippen LogP contribution in [0.25, 0.3) is 0 Å². The first-order chi connectivity index (χ1) is 14.5. The monoisotopic (exact) mass is 401 g/mol. The number of nitrogens with zero attached hydrogens (tertiary/aromatic N) is 4. The van der Waals surface area contributed by atoms with Gasteiger partial charge in [0.15, 0.2) is 5.75 Å². The van der Waals surface area contributed by atoms with Crippen LogP contribution in [0, 0.1) is 42.4 Å². The number of anilines is 1. The van der Waals surface area contributed by atoms with E-state index in [-0.39, 0.29) is 23.2 Å². The molecule has 1 saturated carbocycles. The minimum absolute atomic E-state index is 0.0963. The number of nitriles is 1. The zero-order valence-corrected chi connectivity index (χ0v) is 17.0. The van der Waals surface area contributed by atoms with E-state index in [4.69, 9.17) is 10.00 Å². The fourth-order valence-corrected chi connectivity index (χ4v) is 4.07. The van der Waals surface area contributed by atoms with Crippen molar-refractivity contribution in [3.8, 4) is 11.8 Å². The molecule has 2 aliphatic rings. The van der Waals surface area contributed by atoms with Crippen molar-refractivity contribution in [3.63, 3.8) is 0 Å². The Kier molecular flexibility index (Phi) is 5.32. The van der Waals surface area contributed by atoms with Crippen LogP contribution in [0.4, 0.5) is 5.82 Å². The SMILES string of the molecule is Cc1ncc(OC[C@@]2(C3C=CC=CC3)C[C@H]2C(=O)Nc2cc(C#N)ccn2)c(C)n1. The van der Waals surface area contributed by atoms with E-state index in [0.717, 1.165) is 18.5 Å². The number of amides is 1. The van der Waals surface area contributed by atoms with E-state index < -0.39 is 0 Å². The maximum atomic E-state index is 13.0. The minimum atomic E-state index is -0.296. The second-order valence-electron chi connectivity index (χ2n) is 7.83. The molecule has 4 rings (SSSR count). The van der Waals surface area contributed by atoms with E-state index in [0.29, 0.717) is 29.6 Å². The van der Waals surface area contributed by atoms with Crippen molar-refractivity contribution in [3.05, 3.63) is 65.9 Å². The number of nitrogens with one attached hydrogen (secondary N) is 1. The van der Waals surface area contributed by atoms with E-state index in [1.54, 1.807) is 18.3 Å². The molecule has 1 N–H and O–H groups in total. The van der Waals surface area contributed by atoms with Gasteiger partial charge in [0.05, 0.1) is 30.1 Å². The molecule has 3 atom stereocenters. The molecule has 2 aliphatic carbocycles. The molecule has 2 aromatic heterocycles. The normalized spacial score (nSPS) is 24.2. The number of carbonyl (C=O) groups excluding carboxylic acids is 1. The molecule has 152 valence electrons. The summed E-state index contributed by atoms with van der Waals surface area (Å²) in [7, 11) is 0. The van der Waals surface area contributed by atoms with E-state index in [2.05, 4.69) is 38.5 Å². The number of allylic oxidation sites excluding steroid dienone is 4. The second kappa shape index (κ2) is 8.07. The van der Waals surface area contributed by atoms with Crippen LogP contribution >= 0.6 is 0 Å². The van der Waals surface area contributed by atoms with Gasteiger partial charge in [-0.15, -0.1) is 0 Å². The van der Waals surface area contributed by atoms with Gasteiger partial charge in [-0.05, 0) is 44.7 Å². The topological polar surface area (TPSA) is 101 Å². The number of rotatable bonds is 6. The largest absolute Gasteiger partial charge is 0.489 e. The maximum Gasteiger partial charge on any atom is 0.229 e. The van der Waals surface area contributed by atoms with Crippen LogP contribution < -0.4 is 10.1 Å². The Morgan fingerprint density at radius 1 is 1.37 bits per heavy atom. The zero-order valence-electron chi connectivity index (χ0n) is 17.0. The summed E-state index contributed by atoms with van der Waals surface area (Å²) in [6.07, 6.45) is 13.1. The lowest BCUT2D eigenvalue weighted by molar-refractivity contribution is -0.118. The summed E-state index contributed by atoms with van der Waals surface area (Å²) in [5, 5.41) is 11.9. The van der Waals surface area contributed by atoms with Gasteiger partial charge < -0.3 is 10.1 Å². The highest BCUT2D eigenvalue weighted by molar-refractivity contribution is 5.94. The fourth-order valence-electron chi connectivity index (χ4n) is 4.07. The van der Waals surface area contributed by atoms with Crippen molar-refractivity contribution < 1.29 is 9.53 Å². The quantitative estimate of drug-likeness (QED) is 0.795. The standard InChI is InChI=1S/C23H23N5O2/c1-15-20(13-26-16(2)27-15)30-14-23(18-6-4-3-5-7-18)11-19(23)22(29)28-21-10-17(12-24)8-9-25-21/h3-6,8-10,13,18-19H,7,11,14H2,1-2H3,(H,25,28,29)/t18?,19-,23+/m0/s1. The first-order valence-corrected chi connectivity index (χ1v) is 9.95. The Morgan fingerprint density at radius 2 is 2.23 bits per heavy atom. The minimum Gasteiger partial charge on any atom is -0.489 e. The van der Waals surface area contributed by atoms with Crippen LogP contribution in [0.3, 0.4) is 0 Å². The summed E-state index contributed by atoms with van der Waals surface area (Å²) < 4.78 is 6.12. The van der Waals surface area contributed by atoms with Crippen LogP contribution in [-0.2, 0) is 4.79 Å². The molecule has 0 aliphatic heterocycles. The molecule has 1 fully saturated rings. The molecule has 1 unspecified atom stereocenters. The van der Waals surface area contributed by atoms with Gasteiger partial charge in [0.1, 0.15) is 11.6 Å². The molecule has 2 aromatic rings. The van der Waals surface area contributed by atoms with E-state index in [1.165, 1.54) is 6.20 Å². The molecule has 1 amide bonds. The van der Waals surface area contributed by atoms with E-state index in [9.17, 15) is 4.79 Å². The number of aryl methyl sites for hydroxylation is 2. The lowest BCUT2D eigenvalue weighted by atomic mass is 9.82. The molecule has 30 heavy (non-hydrogen) atoms. The summed E-state index contributed by atoms with van der Waals surface area (Å²) in [5.74, 6) is 1.65. The Labute approximate surface area is 175 Å². The summed E-state index contributed by atoms with van der Waals surface area (Å²) >= 11 is 0. The zero-order chi connectivity index (χ0) is 21.1. The maximum absolute atomic E-state index is 13.0. The molecule has 0 radical (unpaired) electrons. The third-order valence-electron chi connectivity index (χ3n) is 5.85. The lowest BCUT2D eigenvalue weighted by Crippen LogP contribution is -2.29. The molecule has 0 spiro atoms. The molecule has 2 heterocycles. The van der Waals surface area contributed by atoms with Crippen molar-refractivity contribution in [2.24, 2.45) is 17.3 Å². The van der Waals surface area contributed by atoms with Gasteiger partial charge >= 0.3 is 0 Å². The lowest BCUT2D eigenvalue weighted by Gasteiger charge is -2.26. The number of hydrogen-bond acceptors (Lipinski definition) is 6. The Bertz CT molecular complexity index is 1070. The number of hydrogen-bond donors (Lipinski definition) is 1. The highest BCUT2D eigenvalue weighted by Crippen LogP contribution is 2.60. The molecule has 7 heteroatoms. The van der Waals surface area contributed by atoms with Crippen molar-refractivity contribution in [2.75, 3.05) is 11.9 Å². The molecule has 7 nitrogen and oxygen atoms in total. The van der Waals surface area contributed by atoms with Crippen molar-refractivity contribution in [1.82, 2.24) is 15.0 Å². The number of aromatic nitrogens is 3. The van der Waals surface area contributed by atoms with Gasteiger partial charge in [-0.3, -0.25) is 4.79 Å². The highest BCUT2D eigenvalue weighted by Gasteiger charge is 2.62. The third-order valence-corrected chi connectivity index (χ3v) is 5.85. The van der Waals surface area contributed by atoms with Gasteiger partial charge in [0.25, 0.3) is 0 Å². The summed E-state index contributed by atoms with van der Waals surface area (Å²) in [4.78, 5) is 25.7. The average Bonchev–Trinajstić information content (AvgIpc) is 3.50. The summed E-state index contributed by atoms with van der Waals surface area (Å²) in [5.41, 5.74) is 0.951. The smallest absolute Gasteiger partial charge is 0.229 e. The number of carbonyl (C=O) groups is 1. The van der Waals surface area contributed by atoms with E-state index in [1.807, 2.05) is 26.0 Å². The van der Waals surface area contributed by atoms with Gasteiger partial charge in [0, 0.05) is 17.5 Å². The van der Waals surface area contributed by atoms with Crippen molar-refractivity contribution >= 4 is 11.7 Å². The van der Waals surface area contributed by atoms with Crippen molar-refractivity contribution in [2.45, 2.75) is 26.7 Å². The van der Waals surface area contributed by atoms with Gasteiger partial charge in [-0.2, -0.15) is 5.26 Å². The van der Waals surface area contributed by atoms with E-state index >= 15 is 0 Å². The predicted molar refractivity (Wildman–Crippen MR) is 112 cm³/mol. The Balaban J connectivity index is 1.51. The van der Waals surface area contributed by atoms with Crippen LogP contribution in [-0.4, -0.2) is 27.5 Å². The molecule has 0 bridgehead atoms. The fraction of sp³-hybridized carbons (Fsp3) is 0.348. The predicted octanol–water partition coefficient (Wildman–Crippen LogP) is 3.52. The average molecular weight is 401 g/mol.